The highest BCUT2D eigenvalue weighted by Gasteiger charge is 2.48. The summed E-state index contributed by atoms with van der Waals surface area (Å²) in [5, 5.41) is 6.33. The number of amides is 2. The van der Waals surface area contributed by atoms with E-state index < -0.39 is 0 Å². The SMILES string of the molecule is O=C(Nc1ccc(C2C3CC4CC(C3)CC2C4)cc1)Nc1cccc(Cl)c1. The number of rotatable bonds is 3. The van der Waals surface area contributed by atoms with Gasteiger partial charge in [0.15, 0.2) is 0 Å². The Morgan fingerprint density at radius 3 is 2.07 bits per heavy atom. The summed E-state index contributed by atoms with van der Waals surface area (Å²) in [7, 11) is 0. The fourth-order valence-corrected chi connectivity index (χ4v) is 6.31. The maximum Gasteiger partial charge on any atom is 0.323 e. The third-order valence-electron chi connectivity index (χ3n) is 6.86. The zero-order chi connectivity index (χ0) is 18.4. The molecular weight excluding hydrogens is 356 g/mol. The van der Waals surface area contributed by atoms with Crippen molar-refractivity contribution in [3.05, 3.63) is 59.1 Å². The maximum atomic E-state index is 12.2. The van der Waals surface area contributed by atoms with Crippen molar-refractivity contribution in [2.24, 2.45) is 23.7 Å². The van der Waals surface area contributed by atoms with Crippen LogP contribution in [0.1, 0.15) is 43.6 Å². The van der Waals surface area contributed by atoms with Crippen molar-refractivity contribution < 1.29 is 4.79 Å². The van der Waals surface area contributed by atoms with Crippen LogP contribution in [0.25, 0.3) is 0 Å². The fourth-order valence-electron chi connectivity index (χ4n) is 6.12. The third-order valence-corrected chi connectivity index (χ3v) is 7.10. The predicted molar refractivity (Wildman–Crippen MR) is 110 cm³/mol. The summed E-state index contributed by atoms with van der Waals surface area (Å²) in [6, 6.07) is 15.4. The number of carbonyl (C=O) groups excluding carboxylic acids is 1. The van der Waals surface area contributed by atoms with Gasteiger partial charge in [-0.3, -0.25) is 0 Å². The van der Waals surface area contributed by atoms with Crippen LogP contribution < -0.4 is 10.6 Å². The van der Waals surface area contributed by atoms with Crippen LogP contribution in [0.15, 0.2) is 48.5 Å². The minimum Gasteiger partial charge on any atom is -0.308 e. The van der Waals surface area contributed by atoms with E-state index in [1.165, 1.54) is 37.7 Å². The Balaban J connectivity index is 1.25. The Kier molecular flexibility index (Phi) is 4.35. The van der Waals surface area contributed by atoms with Gasteiger partial charge in [-0.15, -0.1) is 0 Å². The van der Waals surface area contributed by atoms with Gasteiger partial charge in [-0.2, -0.15) is 0 Å². The van der Waals surface area contributed by atoms with Crippen LogP contribution in [-0.4, -0.2) is 6.03 Å². The monoisotopic (exact) mass is 380 g/mol. The van der Waals surface area contributed by atoms with Crippen LogP contribution in [0.3, 0.4) is 0 Å². The second-order valence-electron chi connectivity index (χ2n) is 8.67. The summed E-state index contributed by atoms with van der Waals surface area (Å²) in [5.74, 6) is 4.49. The number of urea groups is 1. The lowest BCUT2D eigenvalue weighted by Crippen LogP contribution is -2.43. The normalized spacial score (nSPS) is 30.9. The van der Waals surface area contributed by atoms with E-state index in [9.17, 15) is 4.79 Å². The van der Waals surface area contributed by atoms with Crippen LogP contribution in [0.2, 0.25) is 5.02 Å². The highest BCUT2D eigenvalue weighted by molar-refractivity contribution is 6.30. The Morgan fingerprint density at radius 2 is 1.44 bits per heavy atom. The number of halogens is 1. The smallest absolute Gasteiger partial charge is 0.308 e. The van der Waals surface area contributed by atoms with E-state index in [0.29, 0.717) is 10.7 Å². The van der Waals surface area contributed by atoms with E-state index in [0.717, 1.165) is 35.3 Å². The number of hydrogen-bond acceptors (Lipinski definition) is 1. The molecule has 4 saturated carbocycles. The van der Waals surface area contributed by atoms with Crippen molar-refractivity contribution in [2.45, 2.75) is 38.0 Å². The molecule has 0 heterocycles. The topological polar surface area (TPSA) is 41.1 Å². The van der Waals surface area contributed by atoms with Gasteiger partial charge < -0.3 is 10.6 Å². The number of hydrogen-bond donors (Lipinski definition) is 2. The first-order valence-electron chi connectivity index (χ1n) is 10.1. The molecule has 4 heteroatoms. The molecule has 3 nitrogen and oxygen atoms in total. The Morgan fingerprint density at radius 1 is 0.815 bits per heavy atom. The van der Waals surface area contributed by atoms with Gasteiger partial charge in [0, 0.05) is 16.4 Å². The predicted octanol–water partition coefficient (Wildman–Crippen LogP) is 6.52. The molecule has 4 aliphatic carbocycles. The van der Waals surface area contributed by atoms with E-state index in [4.69, 9.17) is 11.6 Å². The molecule has 140 valence electrons. The Bertz CT molecular complexity index is 820. The average molecular weight is 381 g/mol. The largest absolute Gasteiger partial charge is 0.323 e. The molecular formula is C23H25ClN2O. The second kappa shape index (κ2) is 6.87. The van der Waals surface area contributed by atoms with E-state index in [1.807, 2.05) is 24.3 Å². The molecule has 2 aromatic carbocycles. The van der Waals surface area contributed by atoms with Crippen LogP contribution in [-0.2, 0) is 0 Å². The summed E-state index contributed by atoms with van der Waals surface area (Å²) >= 11 is 5.96. The summed E-state index contributed by atoms with van der Waals surface area (Å²) in [4.78, 5) is 12.2. The van der Waals surface area contributed by atoms with Crippen molar-refractivity contribution in [3.63, 3.8) is 0 Å². The van der Waals surface area contributed by atoms with Crippen molar-refractivity contribution in [1.82, 2.24) is 0 Å². The Labute approximate surface area is 165 Å². The summed E-state index contributed by atoms with van der Waals surface area (Å²) in [5.41, 5.74) is 2.97. The van der Waals surface area contributed by atoms with Crippen molar-refractivity contribution in [2.75, 3.05) is 10.6 Å². The molecule has 0 saturated heterocycles. The quantitative estimate of drug-likeness (QED) is 0.624. The molecule has 0 aromatic heterocycles. The van der Waals surface area contributed by atoms with Crippen molar-refractivity contribution >= 4 is 29.0 Å². The molecule has 0 unspecified atom stereocenters. The number of nitrogens with one attached hydrogen (secondary N) is 2. The summed E-state index contributed by atoms with van der Waals surface area (Å²) in [6.07, 6.45) is 7.21. The second-order valence-corrected chi connectivity index (χ2v) is 9.10. The van der Waals surface area contributed by atoms with Gasteiger partial charge in [0.1, 0.15) is 0 Å². The number of benzene rings is 2. The van der Waals surface area contributed by atoms with Crippen molar-refractivity contribution in [3.8, 4) is 0 Å². The molecule has 0 spiro atoms. The average Bonchev–Trinajstić information content (AvgIpc) is 2.62. The lowest BCUT2D eigenvalue weighted by Gasteiger charge is -2.54. The number of carbonyl (C=O) groups is 1. The molecule has 2 N–H and O–H groups in total. The molecule has 0 radical (unpaired) electrons. The summed E-state index contributed by atoms with van der Waals surface area (Å²) < 4.78 is 0. The fraction of sp³-hybridized carbons (Fsp3) is 0.435. The molecule has 4 bridgehead atoms. The van der Waals surface area contributed by atoms with Gasteiger partial charge in [-0.25, -0.2) is 4.79 Å². The van der Waals surface area contributed by atoms with Crippen molar-refractivity contribution in [1.29, 1.82) is 0 Å². The van der Waals surface area contributed by atoms with Crippen LogP contribution in [0.5, 0.6) is 0 Å². The molecule has 4 fully saturated rings. The third kappa shape index (κ3) is 3.45. The zero-order valence-electron chi connectivity index (χ0n) is 15.3. The van der Waals surface area contributed by atoms with Gasteiger partial charge >= 0.3 is 6.03 Å². The standard InChI is InChI=1S/C23H25ClN2O/c24-19-2-1-3-21(13-19)26-23(27)25-20-6-4-16(5-7-20)22-17-9-14-8-15(11-17)12-18(22)10-14/h1-7,13-15,17-18,22H,8-12H2,(H2,25,26,27). The molecule has 27 heavy (non-hydrogen) atoms. The highest BCUT2D eigenvalue weighted by atomic mass is 35.5. The lowest BCUT2D eigenvalue weighted by atomic mass is 9.51. The zero-order valence-corrected chi connectivity index (χ0v) is 16.1. The molecule has 6 rings (SSSR count). The summed E-state index contributed by atoms with van der Waals surface area (Å²) in [6.45, 7) is 0. The minimum atomic E-state index is -0.250. The van der Waals surface area contributed by atoms with Gasteiger partial charge in [-0.1, -0.05) is 29.8 Å². The van der Waals surface area contributed by atoms with E-state index >= 15 is 0 Å². The molecule has 2 aromatic rings. The van der Waals surface area contributed by atoms with Gasteiger partial charge in [-0.05, 0) is 97.6 Å². The van der Waals surface area contributed by atoms with E-state index in [-0.39, 0.29) is 6.03 Å². The first-order valence-corrected chi connectivity index (χ1v) is 10.5. The van der Waals surface area contributed by atoms with Gasteiger partial charge in [0.2, 0.25) is 0 Å². The van der Waals surface area contributed by atoms with Crippen LogP contribution >= 0.6 is 11.6 Å². The van der Waals surface area contributed by atoms with E-state index in [2.05, 4.69) is 22.8 Å². The highest BCUT2D eigenvalue weighted by Crippen LogP contribution is 2.59. The molecule has 0 atom stereocenters. The molecule has 2 amide bonds. The first-order chi connectivity index (χ1) is 13.1. The molecule has 0 aliphatic heterocycles. The minimum absolute atomic E-state index is 0.250. The maximum absolute atomic E-state index is 12.2. The Hall–Kier alpha value is -2.00. The number of anilines is 2. The van der Waals surface area contributed by atoms with E-state index in [1.54, 1.807) is 12.1 Å². The van der Waals surface area contributed by atoms with Gasteiger partial charge in [0.25, 0.3) is 0 Å². The van der Waals surface area contributed by atoms with Crippen LogP contribution in [0, 0.1) is 23.7 Å². The lowest BCUT2D eigenvalue weighted by molar-refractivity contribution is -0.00277. The first kappa shape index (κ1) is 17.1. The molecule has 4 aliphatic rings. The van der Waals surface area contributed by atoms with Crippen LogP contribution in [0.4, 0.5) is 16.2 Å². The van der Waals surface area contributed by atoms with Gasteiger partial charge in [0.05, 0.1) is 0 Å².